The highest BCUT2D eigenvalue weighted by Gasteiger charge is 2.60. The van der Waals surface area contributed by atoms with E-state index < -0.39 is 23.7 Å². The number of hydrogen-bond donors (Lipinski definition) is 0. The summed E-state index contributed by atoms with van der Waals surface area (Å²) in [5.41, 5.74) is 3.90. The summed E-state index contributed by atoms with van der Waals surface area (Å²) in [6, 6.07) is 28.9. The number of esters is 1. The number of carbonyl (C=O) groups excluding carboxylic acids is 3. The molecule has 0 bridgehead atoms. The first kappa shape index (κ1) is 21.7. The van der Waals surface area contributed by atoms with E-state index in [-0.39, 0.29) is 17.7 Å². The average Bonchev–Trinajstić information content (AvgIpc) is 3.19. The van der Waals surface area contributed by atoms with Crippen LogP contribution in [0.25, 0.3) is 16.3 Å². The van der Waals surface area contributed by atoms with E-state index in [0.29, 0.717) is 11.4 Å². The molecule has 2 amide bonds. The second-order valence-electron chi connectivity index (χ2n) is 9.97. The fourth-order valence-corrected chi connectivity index (χ4v) is 6.34. The Labute approximate surface area is 214 Å². The number of anilines is 1. The van der Waals surface area contributed by atoms with Gasteiger partial charge in [0.2, 0.25) is 11.8 Å². The van der Waals surface area contributed by atoms with Gasteiger partial charge in [0, 0.05) is 16.9 Å². The number of para-hydroxylation sites is 1. The van der Waals surface area contributed by atoms with Gasteiger partial charge in [0.1, 0.15) is 5.75 Å². The van der Waals surface area contributed by atoms with Gasteiger partial charge in [0.15, 0.2) is 0 Å². The number of ether oxygens (including phenoxy) is 1. The van der Waals surface area contributed by atoms with Crippen LogP contribution in [0.5, 0.6) is 5.75 Å². The van der Waals surface area contributed by atoms with Crippen LogP contribution < -0.4 is 9.64 Å². The minimum Gasteiger partial charge on any atom is -0.425 e. The van der Waals surface area contributed by atoms with E-state index in [1.165, 1.54) is 4.90 Å². The molecule has 0 N–H and O–H groups in total. The van der Waals surface area contributed by atoms with Crippen LogP contribution in [-0.4, -0.2) is 17.8 Å². The summed E-state index contributed by atoms with van der Waals surface area (Å²) in [5, 5.41) is 1.82. The van der Waals surface area contributed by atoms with Gasteiger partial charge in [0.05, 0.1) is 23.4 Å². The van der Waals surface area contributed by atoms with Gasteiger partial charge >= 0.3 is 5.97 Å². The van der Waals surface area contributed by atoms with Crippen LogP contribution in [0.1, 0.15) is 22.6 Å². The molecule has 0 spiro atoms. The molecule has 7 rings (SSSR count). The molecule has 5 heteroatoms. The maximum absolute atomic E-state index is 14.1. The standard InChI is InChI=1S/C32H23NO4/c1-18-9-5-8-14-25(18)33-30(34)26-23(19-10-3-2-4-11-19)17-24-22-16-15-20-12-6-7-13-21(20)29(22)37-32(36)27(24)28(26)31(33)35/h2-17,23,26-28H,1H3/t23-,26+,27+,28-/m0/s1. The molecule has 37 heavy (non-hydrogen) atoms. The van der Waals surface area contributed by atoms with Crippen LogP contribution in [0.2, 0.25) is 0 Å². The first-order chi connectivity index (χ1) is 18.0. The maximum atomic E-state index is 14.1. The summed E-state index contributed by atoms with van der Waals surface area (Å²) in [5.74, 6) is -3.32. The predicted octanol–water partition coefficient (Wildman–Crippen LogP) is 5.67. The van der Waals surface area contributed by atoms with Gasteiger partial charge in [-0.1, -0.05) is 91.0 Å². The van der Waals surface area contributed by atoms with Gasteiger partial charge in [-0.05, 0) is 35.1 Å². The van der Waals surface area contributed by atoms with Gasteiger partial charge in [-0.25, -0.2) is 4.90 Å². The lowest BCUT2D eigenvalue weighted by Crippen LogP contribution is -2.42. The first-order valence-electron chi connectivity index (χ1n) is 12.5. The molecule has 0 radical (unpaired) electrons. The van der Waals surface area contributed by atoms with Crippen molar-refractivity contribution in [2.24, 2.45) is 17.8 Å². The van der Waals surface area contributed by atoms with Crippen LogP contribution in [0, 0.1) is 24.7 Å². The second-order valence-corrected chi connectivity index (χ2v) is 9.97. The Bertz CT molecular complexity index is 1650. The largest absolute Gasteiger partial charge is 0.425 e. The predicted molar refractivity (Wildman–Crippen MR) is 141 cm³/mol. The highest BCUT2D eigenvalue weighted by Crippen LogP contribution is 2.55. The number of rotatable bonds is 2. The third-order valence-electron chi connectivity index (χ3n) is 8.03. The Morgan fingerprint density at radius 3 is 2.24 bits per heavy atom. The number of aryl methyl sites for hydroxylation is 1. The summed E-state index contributed by atoms with van der Waals surface area (Å²) >= 11 is 0. The van der Waals surface area contributed by atoms with Gasteiger partial charge < -0.3 is 4.74 Å². The topological polar surface area (TPSA) is 63.7 Å². The Hall–Kier alpha value is -4.51. The molecule has 1 saturated heterocycles. The molecule has 2 aliphatic heterocycles. The van der Waals surface area contributed by atoms with Crippen LogP contribution in [0.15, 0.2) is 97.1 Å². The average molecular weight is 486 g/mol. The fraction of sp³-hybridized carbons (Fsp3) is 0.156. The van der Waals surface area contributed by atoms with Crippen molar-refractivity contribution in [3.8, 4) is 5.75 Å². The minimum atomic E-state index is -0.843. The molecule has 4 aromatic carbocycles. The molecule has 3 aliphatic rings. The Morgan fingerprint density at radius 1 is 0.730 bits per heavy atom. The molecule has 5 nitrogen and oxygen atoms in total. The van der Waals surface area contributed by atoms with Crippen LogP contribution in [0.4, 0.5) is 5.69 Å². The summed E-state index contributed by atoms with van der Waals surface area (Å²) in [4.78, 5) is 43.0. The zero-order chi connectivity index (χ0) is 25.3. The molecule has 1 aliphatic carbocycles. The van der Waals surface area contributed by atoms with E-state index in [9.17, 15) is 14.4 Å². The van der Waals surface area contributed by atoms with E-state index in [1.54, 1.807) is 6.07 Å². The van der Waals surface area contributed by atoms with Crippen LogP contribution in [-0.2, 0) is 14.4 Å². The molecular formula is C32H23NO4. The molecule has 4 aromatic rings. The molecule has 2 heterocycles. The number of carbonyl (C=O) groups is 3. The lowest BCUT2D eigenvalue weighted by molar-refractivity contribution is -0.142. The van der Waals surface area contributed by atoms with Crippen molar-refractivity contribution >= 4 is 39.8 Å². The van der Waals surface area contributed by atoms with Crippen molar-refractivity contribution in [3.63, 3.8) is 0 Å². The number of fused-ring (bicyclic) bond motifs is 7. The summed E-state index contributed by atoms with van der Waals surface area (Å²) in [7, 11) is 0. The summed E-state index contributed by atoms with van der Waals surface area (Å²) in [6.07, 6.45) is 2.03. The molecule has 180 valence electrons. The van der Waals surface area contributed by atoms with Crippen molar-refractivity contribution in [1.82, 2.24) is 0 Å². The van der Waals surface area contributed by atoms with E-state index >= 15 is 0 Å². The molecule has 4 atom stereocenters. The molecule has 0 aromatic heterocycles. The molecule has 0 unspecified atom stereocenters. The summed E-state index contributed by atoms with van der Waals surface area (Å²) in [6.45, 7) is 1.88. The Morgan fingerprint density at radius 2 is 1.43 bits per heavy atom. The highest BCUT2D eigenvalue weighted by molar-refractivity contribution is 6.25. The molecule has 0 saturated carbocycles. The zero-order valence-corrected chi connectivity index (χ0v) is 20.1. The number of nitrogens with zero attached hydrogens (tertiary/aromatic N) is 1. The third kappa shape index (κ3) is 3.07. The third-order valence-corrected chi connectivity index (χ3v) is 8.03. The van der Waals surface area contributed by atoms with Crippen molar-refractivity contribution in [2.75, 3.05) is 4.90 Å². The monoisotopic (exact) mass is 485 g/mol. The Balaban J connectivity index is 1.46. The van der Waals surface area contributed by atoms with Crippen molar-refractivity contribution in [1.29, 1.82) is 0 Å². The smallest absolute Gasteiger partial charge is 0.319 e. The highest BCUT2D eigenvalue weighted by atomic mass is 16.5. The number of amides is 2. The van der Waals surface area contributed by atoms with E-state index in [2.05, 4.69) is 0 Å². The van der Waals surface area contributed by atoms with Crippen LogP contribution in [0.3, 0.4) is 0 Å². The zero-order valence-electron chi connectivity index (χ0n) is 20.1. The maximum Gasteiger partial charge on any atom is 0.319 e. The lowest BCUT2D eigenvalue weighted by Gasteiger charge is -2.38. The lowest BCUT2D eigenvalue weighted by atomic mass is 9.64. The molecular weight excluding hydrogens is 462 g/mol. The van der Waals surface area contributed by atoms with Crippen LogP contribution >= 0.6 is 0 Å². The number of hydrogen-bond acceptors (Lipinski definition) is 4. The van der Waals surface area contributed by atoms with Gasteiger partial charge in [-0.15, -0.1) is 0 Å². The van der Waals surface area contributed by atoms with Crippen molar-refractivity contribution in [3.05, 3.63) is 114 Å². The van der Waals surface area contributed by atoms with Gasteiger partial charge in [0.25, 0.3) is 0 Å². The number of imide groups is 1. The first-order valence-corrected chi connectivity index (χ1v) is 12.5. The Kier molecular flexibility index (Phi) is 4.70. The van der Waals surface area contributed by atoms with Gasteiger partial charge in [-0.3, -0.25) is 14.4 Å². The van der Waals surface area contributed by atoms with Crippen molar-refractivity contribution in [2.45, 2.75) is 12.8 Å². The van der Waals surface area contributed by atoms with Crippen molar-refractivity contribution < 1.29 is 19.1 Å². The minimum absolute atomic E-state index is 0.273. The van der Waals surface area contributed by atoms with Gasteiger partial charge in [-0.2, -0.15) is 0 Å². The fourth-order valence-electron chi connectivity index (χ4n) is 6.34. The number of allylic oxidation sites excluding steroid dienone is 1. The second kappa shape index (κ2) is 8.00. The van der Waals surface area contributed by atoms with E-state index in [0.717, 1.165) is 33.0 Å². The SMILES string of the molecule is Cc1ccccc1N1C(=O)[C@@H]2[C@@H]3C(=O)Oc4c(ccc5ccccc45)C3=C[C@@H](c3ccccc3)[C@H]2C1=O. The number of benzene rings is 4. The van der Waals surface area contributed by atoms with E-state index in [1.807, 2.05) is 97.9 Å². The normalized spacial score (nSPS) is 24.3. The quantitative estimate of drug-likeness (QED) is 0.209. The molecule has 1 fully saturated rings. The summed E-state index contributed by atoms with van der Waals surface area (Å²) < 4.78 is 5.95. The van der Waals surface area contributed by atoms with E-state index in [4.69, 9.17) is 4.74 Å².